The third kappa shape index (κ3) is 1.63. The van der Waals surface area contributed by atoms with E-state index in [9.17, 15) is 9.59 Å². The van der Waals surface area contributed by atoms with Crippen LogP contribution in [0.4, 0.5) is 0 Å². The molecular weight excluding hydrogens is 240 g/mol. The van der Waals surface area contributed by atoms with Gasteiger partial charge in [-0.15, -0.1) is 0 Å². The number of carbonyl (C=O) groups excluding carboxylic acids is 2. The van der Waals surface area contributed by atoms with Crippen molar-refractivity contribution in [3.05, 3.63) is 0 Å². The molecular formula is C12H16O6. The number of hydrogen-bond acceptors (Lipinski definition) is 6. The zero-order valence-electron chi connectivity index (χ0n) is 10.6. The number of ether oxygens (including phenoxy) is 4. The molecule has 0 aromatic rings. The van der Waals surface area contributed by atoms with Crippen LogP contribution in [0.25, 0.3) is 0 Å². The van der Waals surface area contributed by atoms with E-state index in [4.69, 9.17) is 18.9 Å². The summed E-state index contributed by atoms with van der Waals surface area (Å²) in [7, 11) is 0. The molecule has 1 aliphatic carbocycles. The van der Waals surface area contributed by atoms with Gasteiger partial charge in [-0.2, -0.15) is 0 Å². The van der Waals surface area contributed by atoms with Gasteiger partial charge in [0.25, 0.3) is 0 Å². The highest BCUT2D eigenvalue weighted by Gasteiger charge is 2.65. The molecule has 4 unspecified atom stereocenters. The van der Waals surface area contributed by atoms with Crippen LogP contribution in [-0.4, -0.2) is 41.6 Å². The zero-order valence-corrected chi connectivity index (χ0v) is 10.6. The third-order valence-corrected chi connectivity index (χ3v) is 3.62. The van der Waals surface area contributed by atoms with Gasteiger partial charge in [0.05, 0.1) is 6.10 Å². The van der Waals surface area contributed by atoms with E-state index >= 15 is 0 Å². The smallest absolute Gasteiger partial charge is 0.351 e. The Balaban J connectivity index is 1.88. The van der Waals surface area contributed by atoms with Crippen molar-refractivity contribution in [3.8, 4) is 0 Å². The van der Waals surface area contributed by atoms with Crippen LogP contribution in [-0.2, 0) is 28.5 Å². The highest BCUT2D eigenvalue weighted by atomic mass is 16.8. The van der Waals surface area contributed by atoms with Crippen LogP contribution in [0.1, 0.15) is 33.6 Å². The summed E-state index contributed by atoms with van der Waals surface area (Å²) in [6, 6.07) is 0. The van der Waals surface area contributed by atoms with E-state index in [0.717, 1.165) is 0 Å². The monoisotopic (exact) mass is 256 g/mol. The first-order valence-corrected chi connectivity index (χ1v) is 6.08. The van der Waals surface area contributed by atoms with Gasteiger partial charge in [-0.25, -0.2) is 4.79 Å². The number of carbonyl (C=O) groups is 2. The minimum absolute atomic E-state index is 0.268. The van der Waals surface area contributed by atoms with Crippen molar-refractivity contribution in [3.63, 3.8) is 0 Å². The van der Waals surface area contributed by atoms with E-state index in [2.05, 4.69) is 0 Å². The van der Waals surface area contributed by atoms with Gasteiger partial charge in [0.2, 0.25) is 5.60 Å². The molecule has 2 bridgehead atoms. The molecule has 3 rings (SSSR count). The number of hydrogen-bond donors (Lipinski definition) is 0. The summed E-state index contributed by atoms with van der Waals surface area (Å²) in [5.41, 5.74) is -1.18. The van der Waals surface area contributed by atoms with Gasteiger partial charge in [0.15, 0.2) is 5.79 Å². The maximum Gasteiger partial charge on any atom is 0.351 e. The Labute approximate surface area is 105 Å². The lowest BCUT2D eigenvalue weighted by molar-refractivity contribution is -0.180. The lowest BCUT2D eigenvalue weighted by Crippen LogP contribution is -2.49. The fourth-order valence-corrected chi connectivity index (χ4v) is 3.11. The Bertz CT molecular complexity index is 417. The highest BCUT2D eigenvalue weighted by molar-refractivity contribution is 5.85. The van der Waals surface area contributed by atoms with E-state index in [1.54, 1.807) is 0 Å². The average molecular weight is 256 g/mol. The summed E-state index contributed by atoms with van der Waals surface area (Å²) in [5, 5.41) is 0. The van der Waals surface area contributed by atoms with E-state index in [0.29, 0.717) is 12.8 Å². The second kappa shape index (κ2) is 3.45. The SMILES string of the molecule is CC(=O)OC12CC(OC1=O)C1OC(C)(C)OC1C2. The molecule has 0 aromatic carbocycles. The molecule has 1 saturated carbocycles. The molecule has 100 valence electrons. The molecule has 6 heteroatoms. The maximum atomic E-state index is 11.9. The topological polar surface area (TPSA) is 71.1 Å². The van der Waals surface area contributed by atoms with Crippen LogP contribution < -0.4 is 0 Å². The Morgan fingerprint density at radius 2 is 1.94 bits per heavy atom. The molecule has 0 N–H and O–H groups in total. The average Bonchev–Trinajstić information content (AvgIpc) is 2.63. The van der Waals surface area contributed by atoms with Crippen molar-refractivity contribution in [1.82, 2.24) is 0 Å². The van der Waals surface area contributed by atoms with Crippen molar-refractivity contribution in [2.75, 3.05) is 0 Å². The first kappa shape index (κ1) is 11.9. The standard InChI is InChI=1S/C12H16O6/c1-6(13)16-12-4-7(15-10(12)14)9-8(5-12)17-11(2,3)18-9/h7-9H,4-5H2,1-3H3. The van der Waals surface area contributed by atoms with Crippen molar-refractivity contribution in [1.29, 1.82) is 0 Å². The fraction of sp³-hybridized carbons (Fsp3) is 0.833. The van der Waals surface area contributed by atoms with Gasteiger partial charge in [0.1, 0.15) is 12.2 Å². The van der Waals surface area contributed by atoms with Gasteiger partial charge < -0.3 is 18.9 Å². The largest absolute Gasteiger partial charge is 0.456 e. The summed E-state index contributed by atoms with van der Waals surface area (Å²) in [6.45, 7) is 4.93. The lowest BCUT2D eigenvalue weighted by atomic mass is 9.82. The van der Waals surface area contributed by atoms with Crippen molar-refractivity contribution in [2.45, 2.75) is 63.3 Å². The molecule has 18 heavy (non-hydrogen) atoms. The maximum absolute atomic E-state index is 11.9. The molecule has 3 fully saturated rings. The molecule has 2 heterocycles. The third-order valence-electron chi connectivity index (χ3n) is 3.62. The van der Waals surface area contributed by atoms with Crippen molar-refractivity contribution < 1.29 is 28.5 Å². The summed E-state index contributed by atoms with van der Waals surface area (Å²) < 4.78 is 22.0. The number of fused-ring (bicyclic) bond motifs is 4. The Hall–Kier alpha value is -1.14. The molecule has 6 nitrogen and oxygen atoms in total. The van der Waals surface area contributed by atoms with Crippen LogP contribution in [0.15, 0.2) is 0 Å². The summed E-state index contributed by atoms with van der Waals surface area (Å²) in [6.07, 6.45) is -0.278. The summed E-state index contributed by atoms with van der Waals surface area (Å²) >= 11 is 0. The Kier molecular flexibility index (Phi) is 2.29. The van der Waals surface area contributed by atoms with Gasteiger partial charge >= 0.3 is 11.9 Å². The van der Waals surface area contributed by atoms with Crippen molar-refractivity contribution >= 4 is 11.9 Å². The summed E-state index contributed by atoms with van der Waals surface area (Å²) in [4.78, 5) is 23.1. The Morgan fingerprint density at radius 3 is 2.61 bits per heavy atom. The number of esters is 2. The van der Waals surface area contributed by atoms with Gasteiger partial charge in [0, 0.05) is 19.8 Å². The molecule has 0 aromatic heterocycles. The minimum atomic E-state index is -1.18. The van der Waals surface area contributed by atoms with Crippen LogP contribution in [0.3, 0.4) is 0 Å². The lowest BCUT2D eigenvalue weighted by Gasteiger charge is -2.32. The van der Waals surface area contributed by atoms with E-state index in [1.165, 1.54) is 6.92 Å². The first-order chi connectivity index (χ1) is 8.31. The van der Waals surface area contributed by atoms with Crippen LogP contribution in [0.5, 0.6) is 0 Å². The van der Waals surface area contributed by atoms with Gasteiger partial charge in [-0.05, 0) is 13.8 Å². The normalized spacial score (nSPS) is 44.4. The molecule has 4 atom stereocenters. The van der Waals surface area contributed by atoms with E-state index < -0.39 is 29.4 Å². The van der Waals surface area contributed by atoms with Gasteiger partial charge in [-0.3, -0.25) is 4.79 Å². The Morgan fingerprint density at radius 1 is 1.28 bits per heavy atom. The molecule has 0 radical (unpaired) electrons. The van der Waals surface area contributed by atoms with E-state index in [1.807, 2.05) is 13.8 Å². The fourth-order valence-electron chi connectivity index (χ4n) is 3.11. The first-order valence-electron chi connectivity index (χ1n) is 6.08. The molecule has 0 spiro atoms. The predicted molar refractivity (Wildman–Crippen MR) is 57.4 cm³/mol. The van der Waals surface area contributed by atoms with Crippen LogP contribution in [0.2, 0.25) is 0 Å². The second-order valence-electron chi connectivity index (χ2n) is 5.58. The minimum Gasteiger partial charge on any atom is -0.456 e. The predicted octanol–water partition coefficient (Wildman–Crippen LogP) is 0.528. The molecule has 2 aliphatic heterocycles. The quantitative estimate of drug-likeness (QED) is 0.637. The molecule has 3 aliphatic rings. The molecule has 0 amide bonds. The molecule has 2 saturated heterocycles. The van der Waals surface area contributed by atoms with Gasteiger partial charge in [-0.1, -0.05) is 0 Å². The zero-order chi connectivity index (χ0) is 13.1. The van der Waals surface area contributed by atoms with Crippen LogP contribution in [0, 0.1) is 0 Å². The van der Waals surface area contributed by atoms with Crippen LogP contribution >= 0.6 is 0 Å². The second-order valence-corrected chi connectivity index (χ2v) is 5.58. The number of rotatable bonds is 1. The van der Waals surface area contributed by atoms with E-state index in [-0.39, 0.29) is 12.2 Å². The highest BCUT2D eigenvalue weighted by Crippen LogP contribution is 2.47. The van der Waals surface area contributed by atoms with Crippen molar-refractivity contribution in [2.24, 2.45) is 0 Å². The summed E-state index contributed by atoms with van der Waals surface area (Å²) in [5.74, 6) is -1.66.